The average Bonchev–Trinajstić information content (AvgIpc) is 2.14. The molecule has 0 saturated carbocycles. The summed E-state index contributed by atoms with van der Waals surface area (Å²) in [7, 11) is -0.996. The van der Waals surface area contributed by atoms with Crippen molar-refractivity contribution in [3.05, 3.63) is 0 Å². The minimum atomic E-state index is -1.05. The van der Waals surface area contributed by atoms with Crippen LogP contribution in [0.1, 0.15) is 26.7 Å². The van der Waals surface area contributed by atoms with Crippen LogP contribution in [0.5, 0.6) is 0 Å². The number of carboxylic acid groups (broad SMARTS) is 1. The van der Waals surface area contributed by atoms with E-state index in [1.165, 1.54) is 0 Å². The maximum atomic E-state index is 11.4. The van der Waals surface area contributed by atoms with E-state index in [0.717, 1.165) is 0 Å². The van der Waals surface area contributed by atoms with E-state index in [0.29, 0.717) is 18.6 Å². The van der Waals surface area contributed by atoms with Crippen LogP contribution in [-0.4, -0.2) is 45.4 Å². The number of amides is 2. The van der Waals surface area contributed by atoms with Crippen LogP contribution in [0.15, 0.2) is 0 Å². The molecular formula is C10H20N2O4S. The highest BCUT2D eigenvalue weighted by Gasteiger charge is 2.19. The van der Waals surface area contributed by atoms with Gasteiger partial charge >= 0.3 is 12.0 Å². The molecule has 17 heavy (non-hydrogen) atoms. The molecule has 0 fully saturated rings. The van der Waals surface area contributed by atoms with Crippen LogP contribution in [0.25, 0.3) is 0 Å². The fraction of sp³-hybridized carbons (Fsp3) is 0.800. The van der Waals surface area contributed by atoms with E-state index >= 15 is 0 Å². The van der Waals surface area contributed by atoms with Gasteiger partial charge in [0.1, 0.15) is 6.04 Å². The molecule has 6 nitrogen and oxygen atoms in total. The van der Waals surface area contributed by atoms with Gasteiger partial charge in [0.15, 0.2) is 0 Å². The minimum Gasteiger partial charge on any atom is -0.480 e. The van der Waals surface area contributed by atoms with Crippen molar-refractivity contribution in [3.8, 4) is 0 Å². The molecule has 0 aliphatic heterocycles. The Morgan fingerprint density at radius 3 is 2.35 bits per heavy atom. The lowest BCUT2D eigenvalue weighted by atomic mass is 10.2. The van der Waals surface area contributed by atoms with Crippen molar-refractivity contribution in [2.24, 2.45) is 0 Å². The summed E-state index contributed by atoms with van der Waals surface area (Å²) in [5, 5.41) is 13.8. The normalized spacial score (nSPS) is 15.7. The van der Waals surface area contributed by atoms with Crippen LogP contribution in [-0.2, 0) is 15.6 Å². The van der Waals surface area contributed by atoms with E-state index in [1.54, 1.807) is 13.2 Å². The third-order valence-corrected chi connectivity index (χ3v) is 3.01. The van der Waals surface area contributed by atoms with Gasteiger partial charge < -0.3 is 15.7 Å². The van der Waals surface area contributed by atoms with Gasteiger partial charge in [-0.25, -0.2) is 9.59 Å². The largest absolute Gasteiger partial charge is 0.480 e. The first-order chi connectivity index (χ1) is 7.86. The summed E-state index contributed by atoms with van der Waals surface area (Å²) >= 11 is 0. The molecule has 0 radical (unpaired) electrons. The van der Waals surface area contributed by atoms with Gasteiger partial charge in [0.2, 0.25) is 0 Å². The number of hydrogen-bond acceptors (Lipinski definition) is 3. The standard InChI is InChI=1S/C10H20N2O4S/c1-4-5-8(9(13)14)12-10(15)11-7(2)6-17(3)16/h7-8H,4-6H2,1-3H3,(H,13,14)(H2,11,12,15)/t7?,8-,17?/m0/s1. The maximum Gasteiger partial charge on any atom is 0.326 e. The number of carbonyl (C=O) groups excluding carboxylic acids is 1. The lowest BCUT2D eigenvalue weighted by Crippen LogP contribution is -2.49. The lowest BCUT2D eigenvalue weighted by Gasteiger charge is -2.17. The molecule has 3 N–H and O–H groups in total. The van der Waals surface area contributed by atoms with Crippen molar-refractivity contribution in [3.63, 3.8) is 0 Å². The van der Waals surface area contributed by atoms with Gasteiger partial charge in [-0.05, 0) is 13.3 Å². The molecule has 0 aromatic heterocycles. The van der Waals surface area contributed by atoms with Crippen molar-refractivity contribution in [1.82, 2.24) is 10.6 Å². The van der Waals surface area contributed by atoms with Crippen molar-refractivity contribution in [1.29, 1.82) is 0 Å². The van der Waals surface area contributed by atoms with Crippen molar-refractivity contribution in [2.45, 2.75) is 38.8 Å². The summed E-state index contributed by atoms with van der Waals surface area (Å²) < 4.78 is 10.9. The number of carboxylic acids is 1. The Kier molecular flexibility index (Phi) is 7.53. The van der Waals surface area contributed by atoms with Crippen LogP contribution in [0.4, 0.5) is 4.79 Å². The predicted molar refractivity (Wildman–Crippen MR) is 66.4 cm³/mol. The van der Waals surface area contributed by atoms with E-state index in [-0.39, 0.29) is 6.04 Å². The summed E-state index contributed by atoms with van der Waals surface area (Å²) in [5.41, 5.74) is 0. The average molecular weight is 264 g/mol. The molecule has 0 aromatic rings. The zero-order valence-corrected chi connectivity index (χ0v) is 11.2. The minimum absolute atomic E-state index is 0.253. The Morgan fingerprint density at radius 1 is 1.35 bits per heavy atom. The number of aliphatic carboxylic acids is 1. The highest BCUT2D eigenvalue weighted by molar-refractivity contribution is 7.84. The Morgan fingerprint density at radius 2 is 1.94 bits per heavy atom. The van der Waals surface area contributed by atoms with Crippen LogP contribution in [0.3, 0.4) is 0 Å². The number of hydrogen-bond donors (Lipinski definition) is 3. The Bertz CT molecular complexity index is 296. The van der Waals surface area contributed by atoms with Crippen LogP contribution >= 0.6 is 0 Å². The number of urea groups is 1. The second-order valence-corrected chi connectivity index (χ2v) is 5.42. The Labute approximate surface area is 104 Å². The molecule has 100 valence electrons. The second kappa shape index (κ2) is 8.05. The van der Waals surface area contributed by atoms with Crippen LogP contribution < -0.4 is 10.6 Å². The summed E-state index contributed by atoms with van der Waals surface area (Å²) in [6.45, 7) is 3.56. The molecule has 0 spiro atoms. The third-order valence-electron chi connectivity index (χ3n) is 2.04. The highest BCUT2D eigenvalue weighted by atomic mass is 32.2. The van der Waals surface area contributed by atoms with Gasteiger partial charge in [-0.2, -0.15) is 0 Å². The molecule has 2 amide bonds. The van der Waals surface area contributed by atoms with Crippen molar-refractivity contribution >= 4 is 22.8 Å². The van der Waals surface area contributed by atoms with Gasteiger partial charge in [-0.3, -0.25) is 4.21 Å². The van der Waals surface area contributed by atoms with Gasteiger partial charge in [-0.15, -0.1) is 0 Å². The van der Waals surface area contributed by atoms with E-state index in [4.69, 9.17) is 5.11 Å². The first-order valence-electron chi connectivity index (χ1n) is 5.46. The molecule has 0 bridgehead atoms. The quantitative estimate of drug-likeness (QED) is 0.616. The lowest BCUT2D eigenvalue weighted by molar-refractivity contribution is -0.139. The first kappa shape index (κ1) is 15.9. The van der Waals surface area contributed by atoms with Crippen LogP contribution in [0, 0.1) is 0 Å². The van der Waals surface area contributed by atoms with Crippen molar-refractivity contribution < 1.29 is 18.9 Å². The molecule has 0 aliphatic rings. The summed E-state index contributed by atoms with van der Waals surface area (Å²) in [5.74, 6) is -0.701. The zero-order valence-electron chi connectivity index (χ0n) is 10.4. The number of nitrogens with one attached hydrogen (secondary N) is 2. The molecule has 2 unspecified atom stereocenters. The first-order valence-corrected chi connectivity index (χ1v) is 7.19. The molecule has 0 rings (SSSR count). The van der Waals surface area contributed by atoms with Gasteiger partial charge in [0, 0.05) is 28.9 Å². The predicted octanol–water partition coefficient (Wildman–Crippen LogP) is 0.306. The van der Waals surface area contributed by atoms with E-state index in [1.807, 2.05) is 6.92 Å². The number of carbonyl (C=O) groups is 2. The van der Waals surface area contributed by atoms with Crippen LogP contribution in [0.2, 0.25) is 0 Å². The van der Waals surface area contributed by atoms with Gasteiger partial charge in [0.25, 0.3) is 0 Å². The smallest absolute Gasteiger partial charge is 0.326 e. The summed E-state index contributed by atoms with van der Waals surface area (Å²) in [6, 6.07) is -1.67. The van der Waals surface area contributed by atoms with Gasteiger partial charge in [0.05, 0.1) is 0 Å². The molecule has 0 saturated heterocycles. The molecule has 3 atom stereocenters. The molecule has 0 aliphatic carbocycles. The van der Waals surface area contributed by atoms with E-state index in [9.17, 15) is 13.8 Å². The highest BCUT2D eigenvalue weighted by Crippen LogP contribution is 1.97. The third kappa shape index (κ3) is 7.73. The van der Waals surface area contributed by atoms with Gasteiger partial charge in [-0.1, -0.05) is 13.3 Å². The fourth-order valence-electron chi connectivity index (χ4n) is 1.36. The molecule has 0 heterocycles. The summed E-state index contributed by atoms with van der Waals surface area (Å²) in [6.07, 6.45) is 2.61. The summed E-state index contributed by atoms with van der Waals surface area (Å²) in [4.78, 5) is 22.2. The Balaban J connectivity index is 4.14. The molecule has 0 aromatic carbocycles. The molecule has 7 heteroatoms. The number of rotatable bonds is 7. The zero-order chi connectivity index (χ0) is 13.4. The van der Waals surface area contributed by atoms with Crippen molar-refractivity contribution in [2.75, 3.05) is 12.0 Å². The monoisotopic (exact) mass is 264 g/mol. The van der Waals surface area contributed by atoms with E-state index < -0.39 is 28.8 Å². The fourth-order valence-corrected chi connectivity index (χ4v) is 2.15. The molecular weight excluding hydrogens is 244 g/mol. The van der Waals surface area contributed by atoms with E-state index in [2.05, 4.69) is 10.6 Å². The maximum absolute atomic E-state index is 11.4. The topological polar surface area (TPSA) is 95.5 Å². The SMILES string of the molecule is CCC[C@H](NC(=O)NC(C)CS(C)=O)C(=O)O. The second-order valence-electron chi connectivity index (χ2n) is 3.94. The Hall–Kier alpha value is -1.11.